The molecule has 0 aliphatic carbocycles. The van der Waals surface area contributed by atoms with Gasteiger partial charge in [-0.2, -0.15) is 0 Å². The highest BCUT2D eigenvalue weighted by atomic mass is 16.4. The van der Waals surface area contributed by atoms with Crippen molar-refractivity contribution in [2.24, 2.45) is 0 Å². The van der Waals surface area contributed by atoms with Gasteiger partial charge in [-0.05, 0) is 50.5 Å². The Bertz CT molecular complexity index is 411. The summed E-state index contributed by atoms with van der Waals surface area (Å²) in [5, 5.41) is 11.9. The first-order valence-electron chi connectivity index (χ1n) is 6.98. The Morgan fingerprint density at radius 1 is 1.26 bits per heavy atom. The van der Waals surface area contributed by atoms with Crippen LogP contribution in [-0.4, -0.2) is 30.2 Å². The highest BCUT2D eigenvalue weighted by Crippen LogP contribution is 2.22. The Hall–Kier alpha value is -1.71. The first-order chi connectivity index (χ1) is 9.15. The fourth-order valence-corrected chi connectivity index (χ4v) is 2.52. The lowest BCUT2D eigenvalue weighted by Crippen LogP contribution is -2.29. The van der Waals surface area contributed by atoms with Gasteiger partial charge in [0.15, 0.2) is 0 Å². The molecule has 1 aromatic carbocycles. The van der Waals surface area contributed by atoms with Gasteiger partial charge in [-0.25, -0.2) is 0 Å². The van der Waals surface area contributed by atoms with Crippen molar-refractivity contribution in [1.82, 2.24) is 0 Å². The summed E-state index contributed by atoms with van der Waals surface area (Å²) >= 11 is 0. The van der Waals surface area contributed by atoms with Gasteiger partial charge in [-0.3, -0.25) is 4.79 Å². The molecule has 0 aromatic heterocycles. The third-order valence-electron chi connectivity index (χ3n) is 3.48. The molecule has 1 aliphatic heterocycles. The van der Waals surface area contributed by atoms with Crippen LogP contribution < -0.4 is 10.2 Å². The molecule has 19 heavy (non-hydrogen) atoms. The summed E-state index contributed by atoms with van der Waals surface area (Å²) < 4.78 is 0. The van der Waals surface area contributed by atoms with Crippen LogP contribution in [-0.2, 0) is 4.79 Å². The molecular formula is C15H22N2O2. The second-order valence-corrected chi connectivity index (χ2v) is 5.24. The topological polar surface area (TPSA) is 52.6 Å². The van der Waals surface area contributed by atoms with Crippen LogP contribution in [0.3, 0.4) is 0 Å². The Balaban J connectivity index is 1.92. The number of carboxylic acids is 1. The highest BCUT2D eigenvalue weighted by Gasteiger charge is 2.11. The normalized spacial score (nSPS) is 17.0. The minimum atomic E-state index is -0.773. The maximum Gasteiger partial charge on any atom is 0.305 e. The predicted octanol–water partition coefficient (Wildman–Crippen LogP) is 2.95. The van der Waals surface area contributed by atoms with Crippen LogP contribution in [0.4, 0.5) is 11.4 Å². The zero-order valence-corrected chi connectivity index (χ0v) is 11.4. The van der Waals surface area contributed by atoms with Crippen LogP contribution in [0.15, 0.2) is 24.3 Å². The van der Waals surface area contributed by atoms with Crippen LogP contribution in [0.25, 0.3) is 0 Å². The Morgan fingerprint density at radius 2 is 1.89 bits per heavy atom. The number of rotatable bonds is 5. The summed E-state index contributed by atoms with van der Waals surface area (Å²) in [4.78, 5) is 13.0. The minimum absolute atomic E-state index is 0.0571. The lowest BCUT2D eigenvalue weighted by Gasteiger charge is -2.29. The number of hydrogen-bond acceptors (Lipinski definition) is 3. The third kappa shape index (κ3) is 4.16. The van der Waals surface area contributed by atoms with Gasteiger partial charge in [-0.1, -0.05) is 0 Å². The minimum Gasteiger partial charge on any atom is -0.481 e. The number of carboxylic acid groups (broad SMARTS) is 1. The maximum atomic E-state index is 10.6. The van der Waals surface area contributed by atoms with E-state index in [0.717, 1.165) is 18.8 Å². The maximum absolute atomic E-state index is 10.6. The van der Waals surface area contributed by atoms with Gasteiger partial charge < -0.3 is 15.3 Å². The zero-order valence-electron chi connectivity index (χ0n) is 11.4. The molecule has 1 aliphatic rings. The predicted molar refractivity (Wildman–Crippen MR) is 77.8 cm³/mol. The van der Waals surface area contributed by atoms with E-state index in [4.69, 9.17) is 5.11 Å². The van der Waals surface area contributed by atoms with E-state index in [1.165, 1.54) is 24.9 Å². The number of aliphatic carboxylic acids is 1. The van der Waals surface area contributed by atoms with E-state index in [-0.39, 0.29) is 12.5 Å². The monoisotopic (exact) mass is 262 g/mol. The van der Waals surface area contributed by atoms with E-state index in [2.05, 4.69) is 22.3 Å². The van der Waals surface area contributed by atoms with Gasteiger partial charge in [0.25, 0.3) is 0 Å². The van der Waals surface area contributed by atoms with Crippen molar-refractivity contribution in [3.8, 4) is 0 Å². The number of anilines is 2. The van der Waals surface area contributed by atoms with E-state index in [1.807, 2.05) is 19.1 Å². The van der Waals surface area contributed by atoms with Crippen LogP contribution >= 0.6 is 0 Å². The summed E-state index contributed by atoms with van der Waals surface area (Å²) in [6, 6.07) is 8.23. The lowest BCUT2D eigenvalue weighted by molar-refractivity contribution is -0.137. The Kier molecular flexibility index (Phi) is 4.66. The molecule has 2 rings (SSSR count). The SMILES string of the molecule is CC(CC(=O)O)Nc1ccc(N2CCCCC2)cc1. The number of hydrogen-bond donors (Lipinski definition) is 2. The van der Waals surface area contributed by atoms with Crippen molar-refractivity contribution >= 4 is 17.3 Å². The van der Waals surface area contributed by atoms with Crippen LogP contribution in [0, 0.1) is 0 Å². The number of piperidine rings is 1. The molecule has 1 fully saturated rings. The second kappa shape index (κ2) is 6.45. The summed E-state index contributed by atoms with van der Waals surface area (Å²) in [6.07, 6.45) is 4.02. The number of nitrogens with one attached hydrogen (secondary N) is 1. The molecule has 1 atom stereocenters. The van der Waals surface area contributed by atoms with Crippen molar-refractivity contribution in [1.29, 1.82) is 0 Å². The smallest absolute Gasteiger partial charge is 0.305 e. The molecule has 1 aromatic rings. The zero-order chi connectivity index (χ0) is 13.7. The number of benzene rings is 1. The van der Waals surface area contributed by atoms with Gasteiger partial charge >= 0.3 is 5.97 Å². The molecule has 0 amide bonds. The average molecular weight is 262 g/mol. The molecule has 104 valence electrons. The Morgan fingerprint density at radius 3 is 2.47 bits per heavy atom. The highest BCUT2D eigenvalue weighted by molar-refractivity contribution is 5.68. The summed E-state index contributed by atoms with van der Waals surface area (Å²) in [6.45, 7) is 4.16. The molecule has 1 heterocycles. The van der Waals surface area contributed by atoms with Crippen molar-refractivity contribution in [3.63, 3.8) is 0 Å². The molecule has 0 radical (unpaired) electrons. The standard InChI is InChI=1S/C15H22N2O2/c1-12(11-15(18)19)16-13-5-7-14(8-6-13)17-9-3-2-4-10-17/h5-8,12,16H,2-4,9-11H2,1H3,(H,18,19). The molecule has 0 spiro atoms. The van der Waals surface area contributed by atoms with Crippen molar-refractivity contribution < 1.29 is 9.90 Å². The Labute approximate surface area is 114 Å². The summed E-state index contributed by atoms with van der Waals surface area (Å²) in [7, 11) is 0. The quantitative estimate of drug-likeness (QED) is 0.856. The molecule has 4 heteroatoms. The van der Waals surface area contributed by atoms with Gasteiger partial charge in [0, 0.05) is 30.5 Å². The fourth-order valence-electron chi connectivity index (χ4n) is 2.52. The molecule has 4 nitrogen and oxygen atoms in total. The molecular weight excluding hydrogens is 240 g/mol. The van der Waals surface area contributed by atoms with Gasteiger partial charge in [0.1, 0.15) is 0 Å². The third-order valence-corrected chi connectivity index (χ3v) is 3.48. The number of carbonyl (C=O) groups is 1. The number of nitrogens with zero attached hydrogens (tertiary/aromatic N) is 1. The molecule has 1 unspecified atom stereocenters. The van der Waals surface area contributed by atoms with E-state index < -0.39 is 5.97 Å². The second-order valence-electron chi connectivity index (χ2n) is 5.24. The first kappa shape index (κ1) is 13.7. The molecule has 1 saturated heterocycles. The molecule has 0 saturated carbocycles. The summed E-state index contributed by atoms with van der Waals surface area (Å²) in [5.41, 5.74) is 2.24. The van der Waals surface area contributed by atoms with Crippen molar-refractivity contribution in [3.05, 3.63) is 24.3 Å². The summed E-state index contributed by atoms with van der Waals surface area (Å²) in [5.74, 6) is -0.773. The van der Waals surface area contributed by atoms with Crippen LogP contribution in [0.2, 0.25) is 0 Å². The van der Waals surface area contributed by atoms with Gasteiger partial charge in [-0.15, -0.1) is 0 Å². The van der Waals surface area contributed by atoms with E-state index in [0.29, 0.717) is 0 Å². The van der Waals surface area contributed by atoms with Gasteiger partial charge in [0.05, 0.1) is 6.42 Å². The van der Waals surface area contributed by atoms with Crippen molar-refractivity contribution in [2.45, 2.75) is 38.6 Å². The van der Waals surface area contributed by atoms with E-state index >= 15 is 0 Å². The van der Waals surface area contributed by atoms with Gasteiger partial charge in [0.2, 0.25) is 0 Å². The first-order valence-corrected chi connectivity index (χ1v) is 6.98. The van der Waals surface area contributed by atoms with Crippen LogP contribution in [0.1, 0.15) is 32.6 Å². The molecule has 2 N–H and O–H groups in total. The van der Waals surface area contributed by atoms with E-state index in [9.17, 15) is 4.79 Å². The van der Waals surface area contributed by atoms with Crippen molar-refractivity contribution in [2.75, 3.05) is 23.3 Å². The lowest BCUT2D eigenvalue weighted by atomic mass is 10.1. The van der Waals surface area contributed by atoms with Crippen LogP contribution in [0.5, 0.6) is 0 Å². The average Bonchev–Trinajstić information content (AvgIpc) is 2.39. The fraction of sp³-hybridized carbons (Fsp3) is 0.533. The van der Waals surface area contributed by atoms with E-state index in [1.54, 1.807) is 0 Å². The largest absolute Gasteiger partial charge is 0.481 e. The molecule has 0 bridgehead atoms.